The van der Waals surface area contributed by atoms with Crippen molar-refractivity contribution < 1.29 is 4.79 Å². The third-order valence-corrected chi connectivity index (χ3v) is 4.21. The average molecular weight is 265 g/mol. The maximum absolute atomic E-state index is 11.0. The molecule has 1 aliphatic rings. The molecule has 3 rings (SSSR count). The predicted molar refractivity (Wildman–Crippen MR) is 82.7 cm³/mol. The van der Waals surface area contributed by atoms with Crippen LogP contribution >= 0.6 is 0 Å². The third-order valence-electron chi connectivity index (χ3n) is 4.21. The summed E-state index contributed by atoms with van der Waals surface area (Å²) in [6.45, 7) is 6.16. The molecule has 0 radical (unpaired) electrons. The zero-order valence-electron chi connectivity index (χ0n) is 12.0. The van der Waals surface area contributed by atoms with Gasteiger partial charge in [-0.1, -0.05) is 30.3 Å². The Morgan fingerprint density at radius 2 is 1.65 bits per heavy atom. The smallest absolute Gasteiger partial charge is 0.150 e. The van der Waals surface area contributed by atoms with Crippen LogP contribution in [-0.2, 0) is 0 Å². The Morgan fingerprint density at radius 1 is 1.05 bits per heavy atom. The average Bonchev–Trinajstić information content (AvgIpc) is 2.38. The molecule has 2 heteroatoms. The van der Waals surface area contributed by atoms with E-state index in [1.807, 2.05) is 19.9 Å². The Bertz CT molecular complexity index is 604. The van der Waals surface area contributed by atoms with Gasteiger partial charge in [0.05, 0.1) is 0 Å². The maximum Gasteiger partial charge on any atom is 0.150 e. The van der Waals surface area contributed by atoms with Crippen molar-refractivity contribution >= 4 is 12.0 Å². The first kappa shape index (κ1) is 12.9. The first-order chi connectivity index (χ1) is 9.69. The van der Waals surface area contributed by atoms with Gasteiger partial charge in [-0.2, -0.15) is 0 Å². The lowest BCUT2D eigenvalue weighted by atomic mass is 9.87. The Hall–Kier alpha value is -2.09. The summed E-state index contributed by atoms with van der Waals surface area (Å²) in [5.74, 6) is 0.577. The second-order valence-electron chi connectivity index (χ2n) is 5.62. The molecular weight excluding hydrogens is 246 g/mol. The zero-order chi connectivity index (χ0) is 14.1. The summed E-state index contributed by atoms with van der Waals surface area (Å²) < 4.78 is 0. The van der Waals surface area contributed by atoms with Gasteiger partial charge in [-0.15, -0.1) is 0 Å². The minimum absolute atomic E-state index is 0.577. The van der Waals surface area contributed by atoms with Crippen LogP contribution in [0.15, 0.2) is 42.5 Å². The highest BCUT2D eigenvalue weighted by Gasteiger charge is 2.28. The monoisotopic (exact) mass is 265 g/mol. The van der Waals surface area contributed by atoms with E-state index < -0.39 is 0 Å². The maximum atomic E-state index is 11.0. The van der Waals surface area contributed by atoms with Crippen LogP contribution in [0.1, 0.15) is 33.0 Å². The molecule has 0 saturated carbocycles. The van der Waals surface area contributed by atoms with Gasteiger partial charge in [-0.3, -0.25) is 4.79 Å². The zero-order valence-corrected chi connectivity index (χ0v) is 12.0. The van der Waals surface area contributed by atoms with E-state index >= 15 is 0 Å². The highest BCUT2D eigenvalue weighted by molar-refractivity contribution is 5.79. The van der Waals surface area contributed by atoms with Gasteiger partial charge >= 0.3 is 0 Å². The van der Waals surface area contributed by atoms with Crippen molar-refractivity contribution in [3.8, 4) is 0 Å². The van der Waals surface area contributed by atoms with Crippen LogP contribution in [0, 0.1) is 13.8 Å². The Morgan fingerprint density at radius 3 is 2.20 bits per heavy atom. The summed E-state index contributed by atoms with van der Waals surface area (Å²) in [7, 11) is 0. The van der Waals surface area contributed by atoms with Crippen LogP contribution in [0.5, 0.6) is 0 Å². The van der Waals surface area contributed by atoms with Crippen molar-refractivity contribution in [1.82, 2.24) is 0 Å². The van der Waals surface area contributed by atoms with E-state index in [-0.39, 0.29) is 0 Å². The minimum atomic E-state index is 0.577. The molecule has 0 spiro atoms. The van der Waals surface area contributed by atoms with Gasteiger partial charge in [0.15, 0.2) is 6.29 Å². The molecule has 0 N–H and O–H groups in total. The lowest BCUT2D eigenvalue weighted by Crippen LogP contribution is -2.45. The van der Waals surface area contributed by atoms with Crippen molar-refractivity contribution in [2.75, 3.05) is 18.0 Å². The van der Waals surface area contributed by atoms with E-state index in [1.54, 1.807) is 0 Å². The van der Waals surface area contributed by atoms with Crippen LogP contribution in [0.4, 0.5) is 5.69 Å². The molecule has 0 unspecified atom stereocenters. The van der Waals surface area contributed by atoms with E-state index in [4.69, 9.17) is 0 Å². The summed E-state index contributed by atoms with van der Waals surface area (Å²) in [5, 5.41) is 0. The minimum Gasteiger partial charge on any atom is -0.370 e. The van der Waals surface area contributed by atoms with Gasteiger partial charge in [0.1, 0.15) is 0 Å². The summed E-state index contributed by atoms with van der Waals surface area (Å²) in [6, 6.07) is 14.9. The van der Waals surface area contributed by atoms with Crippen molar-refractivity contribution in [3.63, 3.8) is 0 Å². The Labute approximate surface area is 120 Å². The number of para-hydroxylation sites is 1. The van der Waals surface area contributed by atoms with Gasteiger partial charge in [0, 0.05) is 30.3 Å². The number of anilines is 1. The Balaban J connectivity index is 1.76. The third kappa shape index (κ3) is 2.22. The second kappa shape index (κ2) is 5.12. The molecule has 0 atom stereocenters. The fourth-order valence-electron chi connectivity index (χ4n) is 2.97. The fraction of sp³-hybridized carbons (Fsp3) is 0.278. The van der Waals surface area contributed by atoms with Crippen molar-refractivity contribution in [3.05, 3.63) is 64.7 Å². The Kier molecular flexibility index (Phi) is 3.31. The summed E-state index contributed by atoms with van der Waals surface area (Å²) in [6.07, 6.45) is 0.964. The molecule has 1 heterocycles. The molecule has 1 fully saturated rings. The van der Waals surface area contributed by atoms with Crippen LogP contribution in [0.3, 0.4) is 0 Å². The summed E-state index contributed by atoms with van der Waals surface area (Å²) >= 11 is 0. The molecular formula is C18H19NO. The molecule has 20 heavy (non-hydrogen) atoms. The number of hydrogen-bond acceptors (Lipinski definition) is 2. The molecule has 0 aromatic heterocycles. The molecule has 1 saturated heterocycles. The van der Waals surface area contributed by atoms with E-state index in [2.05, 4.69) is 41.3 Å². The van der Waals surface area contributed by atoms with E-state index in [0.29, 0.717) is 5.92 Å². The number of nitrogens with zero attached hydrogens (tertiary/aromatic N) is 1. The van der Waals surface area contributed by atoms with Crippen LogP contribution in [0.2, 0.25) is 0 Å². The largest absolute Gasteiger partial charge is 0.370 e. The normalized spacial score (nSPS) is 15.0. The summed E-state index contributed by atoms with van der Waals surface area (Å²) in [4.78, 5) is 13.4. The number of benzene rings is 2. The molecule has 102 valence electrons. The number of rotatable bonds is 3. The number of aryl methyl sites for hydroxylation is 2. The van der Waals surface area contributed by atoms with Gasteiger partial charge < -0.3 is 4.90 Å². The fourth-order valence-corrected chi connectivity index (χ4v) is 2.97. The van der Waals surface area contributed by atoms with Crippen molar-refractivity contribution in [2.45, 2.75) is 19.8 Å². The van der Waals surface area contributed by atoms with E-state index in [0.717, 1.165) is 36.1 Å². The lowest BCUT2D eigenvalue weighted by molar-refractivity contribution is 0.112. The molecule has 0 amide bonds. The van der Waals surface area contributed by atoms with Gasteiger partial charge in [0.2, 0.25) is 0 Å². The topological polar surface area (TPSA) is 20.3 Å². The molecule has 2 aromatic carbocycles. The standard InChI is InChI=1S/C18H19NO/c1-13-8-15(9-14(2)18(13)12-20)16-10-19(11-16)17-6-4-3-5-7-17/h3-9,12,16H,10-11H2,1-2H3. The van der Waals surface area contributed by atoms with Gasteiger partial charge in [-0.05, 0) is 42.7 Å². The van der Waals surface area contributed by atoms with Gasteiger partial charge in [-0.25, -0.2) is 0 Å². The highest BCUT2D eigenvalue weighted by Crippen LogP contribution is 2.32. The van der Waals surface area contributed by atoms with Crippen molar-refractivity contribution in [1.29, 1.82) is 0 Å². The van der Waals surface area contributed by atoms with Crippen LogP contribution < -0.4 is 4.90 Å². The second-order valence-corrected chi connectivity index (χ2v) is 5.62. The molecule has 2 nitrogen and oxygen atoms in total. The molecule has 0 aliphatic carbocycles. The first-order valence-corrected chi connectivity index (χ1v) is 7.05. The van der Waals surface area contributed by atoms with E-state index in [1.165, 1.54) is 11.3 Å². The molecule has 1 aliphatic heterocycles. The lowest BCUT2D eigenvalue weighted by Gasteiger charge is -2.41. The van der Waals surface area contributed by atoms with Crippen LogP contribution in [0.25, 0.3) is 0 Å². The van der Waals surface area contributed by atoms with E-state index in [9.17, 15) is 4.79 Å². The van der Waals surface area contributed by atoms with Gasteiger partial charge in [0.25, 0.3) is 0 Å². The first-order valence-electron chi connectivity index (χ1n) is 7.05. The SMILES string of the molecule is Cc1cc(C2CN(c3ccccc3)C2)cc(C)c1C=O. The molecule has 0 bridgehead atoms. The number of carbonyl (C=O) groups is 1. The predicted octanol–water partition coefficient (Wildman–Crippen LogP) is 3.72. The summed E-state index contributed by atoms with van der Waals surface area (Å²) in [5.41, 5.74) is 5.67. The van der Waals surface area contributed by atoms with Crippen LogP contribution in [-0.4, -0.2) is 19.4 Å². The number of carbonyl (C=O) groups excluding carboxylic acids is 1. The van der Waals surface area contributed by atoms with Crippen molar-refractivity contribution in [2.24, 2.45) is 0 Å². The molecule has 2 aromatic rings. The number of hydrogen-bond donors (Lipinski definition) is 0. The quantitative estimate of drug-likeness (QED) is 0.788. The number of aldehydes is 1. The highest BCUT2D eigenvalue weighted by atomic mass is 16.1.